The van der Waals surface area contributed by atoms with Gasteiger partial charge in [0.25, 0.3) is 0 Å². The molecule has 0 radical (unpaired) electrons. The molecule has 0 fully saturated rings. The SMILES string of the molecule is CC(C)(C)c1ccc(N(c2cc(-c3ccccc3)cc(-c3cc(C(C)(C)C)cc4c3[nH]c3cc5ccccc5cc34)c2)c2csc3ccc(C(C)(C)C)cc23)cc1. The van der Waals surface area contributed by atoms with Crippen LogP contribution in [0.5, 0.6) is 0 Å². The number of nitrogens with zero attached hydrogens (tertiary/aromatic N) is 1. The number of aromatic nitrogens is 1. The average molecular weight is 761 g/mol. The summed E-state index contributed by atoms with van der Waals surface area (Å²) in [7, 11) is 0. The van der Waals surface area contributed by atoms with Crippen LogP contribution < -0.4 is 4.90 Å². The van der Waals surface area contributed by atoms with E-state index in [2.05, 4.69) is 217 Å². The summed E-state index contributed by atoms with van der Waals surface area (Å²) in [4.78, 5) is 6.43. The van der Waals surface area contributed by atoms with E-state index in [1.165, 1.54) is 81.8 Å². The molecule has 2 nitrogen and oxygen atoms in total. The van der Waals surface area contributed by atoms with Crippen LogP contribution in [0, 0.1) is 0 Å². The van der Waals surface area contributed by atoms with Gasteiger partial charge in [0.15, 0.2) is 0 Å². The number of anilines is 3. The minimum atomic E-state index is -0.0511. The molecular formula is C54H52N2S. The van der Waals surface area contributed by atoms with Crippen LogP contribution in [0.4, 0.5) is 17.1 Å². The summed E-state index contributed by atoms with van der Waals surface area (Å²) in [5, 5.41) is 8.65. The molecule has 0 aliphatic heterocycles. The fourth-order valence-electron chi connectivity index (χ4n) is 8.24. The van der Waals surface area contributed by atoms with E-state index in [0.717, 1.165) is 16.9 Å². The molecule has 1 N–H and O–H groups in total. The molecule has 0 aliphatic rings. The molecule has 2 aromatic heterocycles. The molecular weight excluding hydrogens is 709 g/mol. The number of nitrogens with one attached hydrogen (secondary N) is 1. The number of benzene rings is 7. The number of fused-ring (bicyclic) bond motifs is 5. The summed E-state index contributed by atoms with van der Waals surface area (Å²) < 4.78 is 1.29. The second-order valence-corrected chi connectivity index (χ2v) is 19.8. The number of H-pyrrole nitrogens is 1. The van der Waals surface area contributed by atoms with Crippen LogP contribution in [0.1, 0.15) is 79.0 Å². The molecule has 9 rings (SSSR count). The van der Waals surface area contributed by atoms with E-state index in [1.54, 1.807) is 0 Å². The molecule has 3 heteroatoms. The van der Waals surface area contributed by atoms with E-state index in [1.807, 2.05) is 11.3 Å². The maximum atomic E-state index is 3.94. The Labute approximate surface area is 341 Å². The topological polar surface area (TPSA) is 19.0 Å². The Kier molecular flexibility index (Phi) is 8.75. The van der Waals surface area contributed by atoms with Gasteiger partial charge in [-0.25, -0.2) is 0 Å². The van der Waals surface area contributed by atoms with Crippen molar-refractivity contribution in [3.05, 3.63) is 162 Å². The van der Waals surface area contributed by atoms with Crippen molar-refractivity contribution in [1.29, 1.82) is 0 Å². The first-order valence-corrected chi connectivity index (χ1v) is 21.1. The molecule has 0 bridgehead atoms. The number of aromatic amines is 1. The van der Waals surface area contributed by atoms with Gasteiger partial charge in [0, 0.05) is 48.7 Å². The fourth-order valence-corrected chi connectivity index (χ4v) is 9.15. The molecule has 7 aromatic carbocycles. The van der Waals surface area contributed by atoms with Crippen molar-refractivity contribution >= 4 is 71.1 Å². The van der Waals surface area contributed by atoms with Crippen molar-refractivity contribution < 1.29 is 0 Å². The Morgan fingerprint density at radius 3 is 1.75 bits per heavy atom. The van der Waals surface area contributed by atoms with Crippen molar-refractivity contribution in [3.63, 3.8) is 0 Å². The lowest BCUT2D eigenvalue weighted by atomic mass is 9.83. The van der Waals surface area contributed by atoms with Crippen LogP contribution in [-0.2, 0) is 16.2 Å². The Morgan fingerprint density at radius 2 is 1.07 bits per heavy atom. The molecule has 284 valence electrons. The van der Waals surface area contributed by atoms with Crippen molar-refractivity contribution in [2.24, 2.45) is 0 Å². The van der Waals surface area contributed by atoms with Crippen LogP contribution in [0.2, 0.25) is 0 Å². The van der Waals surface area contributed by atoms with E-state index in [4.69, 9.17) is 0 Å². The Bertz CT molecular complexity index is 2940. The predicted octanol–water partition coefficient (Wildman–Crippen LogP) is 16.4. The first kappa shape index (κ1) is 37.0. The maximum absolute atomic E-state index is 3.94. The van der Waals surface area contributed by atoms with Gasteiger partial charge in [-0.3, -0.25) is 0 Å². The van der Waals surface area contributed by atoms with Crippen molar-refractivity contribution in [2.75, 3.05) is 4.90 Å². The van der Waals surface area contributed by atoms with Crippen molar-refractivity contribution in [1.82, 2.24) is 4.98 Å². The van der Waals surface area contributed by atoms with Gasteiger partial charge in [0.05, 0.1) is 11.2 Å². The second-order valence-electron chi connectivity index (χ2n) is 18.9. The van der Waals surface area contributed by atoms with Crippen LogP contribution >= 0.6 is 11.3 Å². The number of hydrogen-bond acceptors (Lipinski definition) is 2. The molecule has 2 heterocycles. The van der Waals surface area contributed by atoms with Crippen LogP contribution in [0.15, 0.2) is 145 Å². The quantitative estimate of drug-likeness (QED) is 0.185. The van der Waals surface area contributed by atoms with Crippen molar-refractivity contribution in [2.45, 2.75) is 78.6 Å². The van der Waals surface area contributed by atoms with Crippen molar-refractivity contribution in [3.8, 4) is 22.3 Å². The van der Waals surface area contributed by atoms with Gasteiger partial charge >= 0.3 is 0 Å². The summed E-state index contributed by atoms with van der Waals surface area (Å²) in [5.41, 5.74) is 14.6. The third-order valence-corrected chi connectivity index (χ3v) is 12.6. The molecule has 0 aliphatic carbocycles. The van der Waals surface area contributed by atoms with Gasteiger partial charge in [-0.1, -0.05) is 135 Å². The lowest BCUT2D eigenvalue weighted by Gasteiger charge is -2.28. The third-order valence-electron chi connectivity index (χ3n) is 11.7. The largest absolute Gasteiger partial charge is 0.354 e. The normalized spacial score (nSPS) is 12.6. The number of thiophene rings is 1. The predicted molar refractivity (Wildman–Crippen MR) is 250 cm³/mol. The zero-order valence-corrected chi connectivity index (χ0v) is 35.5. The Hall–Kier alpha value is -5.64. The molecule has 57 heavy (non-hydrogen) atoms. The molecule has 0 atom stereocenters. The molecule has 0 spiro atoms. The fraction of sp³-hybridized carbons (Fsp3) is 0.222. The molecule has 0 unspecified atom stereocenters. The highest BCUT2D eigenvalue weighted by molar-refractivity contribution is 7.17. The highest BCUT2D eigenvalue weighted by Crippen LogP contribution is 2.47. The highest BCUT2D eigenvalue weighted by atomic mass is 32.1. The van der Waals surface area contributed by atoms with Crippen LogP contribution in [0.3, 0.4) is 0 Å². The van der Waals surface area contributed by atoms with Crippen LogP contribution in [0.25, 0.3) is 64.9 Å². The second kappa shape index (κ2) is 13.5. The van der Waals surface area contributed by atoms with E-state index in [0.29, 0.717) is 0 Å². The average Bonchev–Trinajstić information content (AvgIpc) is 3.77. The summed E-state index contributed by atoms with van der Waals surface area (Å²) in [6, 6.07) is 52.6. The molecule has 0 saturated heterocycles. The molecule has 9 aromatic rings. The zero-order chi connectivity index (χ0) is 39.9. The minimum Gasteiger partial charge on any atom is -0.354 e. The van der Waals surface area contributed by atoms with E-state index in [-0.39, 0.29) is 16.2 Å². The summed E-state index contributed by atoms with van der Waals surface area (Å²) in [5.74, 6) is 0. The summed E-state index contributed by atoms with van der Waals surface area (Å²) >= 11 is 1.82. The number of rotatable bonds is 5. The van der Waals surface area contributed by atoms with Gasteiger partial charge in [0.1, 0.15) is 0 Å². The van der Waals surface area contributed by atoms with Gasteiger partial charge in [-0.15, -0.1) is 11.3 Å². The van der Waals surface area contributed by atoms with E-state index >= 15 is 0 Å². The Balaban J connectivity index is 1.35. The monoisotopic (exact) mass is 760 g/mol. The third kappa shape index (κ3) is 6.83. The number of hydrogen-bond donors (Lipinski definition) is 1. The van der Waals surface area contributed by atoms with E-state index < -0.39 is 0 Å². The van der Waals surface area contributed by atoms with Gasteiger partial charge < -0.3 is 9.88 Å². The van der Waals surface area contributed by atoms with Gasteiger partial charge in [-0.2, -0.15) is 0 Å². The molecule has 0 saturated carbocycles. The standard InChI is InChI=1S/C54H52N2S/c1-52(2,3)39-19-22-42(23-20-39)56(49-33-57-50-24-21-40(30-47(49)50)53(4,5)6)43-26-37(34-15-11-10-12-16-34)25-38(27-43)44-31-41(54(7,8)9)32-46-45-28-35-17-13-14-18-36(35)29-48(45)55-51(44)46/h10-33,55H,1-9H3. The van der Waals surface area contributed by atoms with E-state index in [9.17, 15) is 0 Å². The highest BCUT2D eigenvalue weighted by Gasteiger charge is 2.24. The Morgan fingerprint density at radius 1 is 0.456 bits per heavy atom. The lowest BCUT2D eigenvalue weighted by molar-refractivity contribution is 0.590. The molecule has 0 amide bonds. The summed E-state index contributed by atoms with van der Waals surface area (Å²) in [6.45, 7) is 20.7. The smallest absolute Gasteiger partial charge is 0.0647 e. The van der Waals surface area contributed by atoms with Crippen LogP contribution in [-0.4, -0.2) is 4.98 Å². The first-order chi connectivity index (χ1) is 27.1. The summed E-state index contributed by atoms with van der Waals surface area (Å²) in [6.07, 6.45) is 0. The van der Waals surface area contributed by atoms with Gasteiger partial charge in [-0.05, 0) is 127 Å². The zero-order valence-electron chi connectivity index (χ0n) is 34.7. The van der Waals surface area contributed by atoms with Gasteiger partial charge in [0.2, 0.25) is 0 Å². The lowest BCUT2D eigenvalue weighted by Crippen LogP contribution is -2.14. The first-order valence-electron chi connectivity index (χ1n) is 20.2. The minimum absolute atomic E-state index is 0.0296. The maximum Gasteiger partial charge on any atom is 0.0647 e.